The number of nitrogens with zero attached hydrogens (tertiary/aromatic N) is 5. The fourth-order valence-electron chi connectivity index (χ4n) is 1.89. The van der Waals surface area contributed by atoms with Gasteiger partial charge < -0.3 is 4.98 Å². The van der Waals surface area contributed by atoms with Gasteiger partial charge in [0, 0.05) is 6.20 Å². The second-order valence-corrected chi connectivity index (χ2v) is 4.22. The second-order valence-electron chi connectivity index (χ2n) is 4.22. The Bertz CT molecular complexity index is 855. The van der Waals surface area contributed by atoms with Gasteiger partial charge in [0.2, 0.25) is 0 Å². The summed E-state index contributed by atoms with van der Waals surface area (Å²) < 4.78 is 40.4. The normalized spacial score (nSPS) is 11.6. The minimum atomic E-state index is -4.77. The summed E-state index contributed by atoms with van der Waals surface area (Å²) >= 11 is 0. The van der Waals surface area contributed by atoms with E-state index < -0.39 is 23.1 Å². The van der Waals surface area contributed by atoms with Crippen LogP contribution < -0.4 is 5.69 Å². The van der Waals surface area contributed by atoms with Gasteiger partial charge in [0.25, 0.3) is 0 Å². The van der Waals surface area contributed by atoms with Gasteiger partial charge in [-0.25, -0.2) is 9.78 Å². The zero-order valence-electron chi connectivity index (χ0n) is 10.7. The van der Waals surface area contributed by atoms with Gasteiger partial charge >= 0.3 is 11.9 Å². The Labute approximate surface area is 120 Å². The van der Waals surface area contributed by atoms with Crippen molar-refractivity contribution in [3.05, 3.63) is 52.7 Å². The van der Waals surface area contributed by atoms with Gasteiger partial charge in [-0.3, -0.25) is 0 Å². The molecular formula is C12H7F3N6O. The van der Waals surface area contributed by atoms with Crippen molar-refractivity contribution < 1.29 is 13.2 Å². The van der Waals surface area contributed by atoms with Crippen LogP contribution in [0.2, 0.25) is 0 Å². The van der Waals surface area contributed by atoms with Crippen LogP contribution in [0.5, 0.6) is 0 Å². The molecule has 1 aromatic carbocycles. The minimum Gasteiger partial charge on any atom is -0.301 e. The average molecular weight is 308 g/mol. The molecule has 0 aliphatic heterocycles. The lowest BCUT2D eigenvalue weighted by atomic mass is 10.2. The summed E-state index contributed by atoms with van der Waals surface area (Å²) in [5, 5.41) is 10.7. The van der Waals surface area contributed by atoms with E-state index in [1.807, 2.05) is 0 Å². The molecule has 0 radical (unpaired) electrons. The molecule has 22 heavy (non-hydrogen) atoms. The Morgan fingerprint density at radius 2 is 1.86 bits per heavy atom. The van der Waals surface area contributed by atoms with E-state index in [1.165, 1.54) is 0 Å². The molecule has 2 heterocycles. The van der Waals surface area contributed by atoms with E-state index in [2.05, 4.69) is 20.5 Å². The number of nitrogens with one attached hydrogen (secondary N) is 1. The number of hydrogen-bond acceptors (Lipinski definition) is 5. The summed E-state index contributed by atoms with van der Waals surface area (Å²) in [5.74, 6) is -0.178. The lowest BCUT2D eigenvalue weighted by Crippen LogP contribution is -2.20. The molecule has 2 aromatic heterocycles. The van der Waals surface area contributed by atoms with Crippen LogP contribution in [-0.2, 0) is 6.18 Å². The Balaban J connectivity index is 2.23. The van der Waals surface area contributed by atoms with Crippen molar-refractivity contribution in [2.24, 2.45) is 0 Å². The first-order valence-corrected chi connectivity index (χ1v) is 5.97. The van der Waals surface area contributed by atoms with Crippen LogP contribution in [0.3, 0.4) is 0 Å². The van der Waals surface area contributed by atoms with Crippen LogP contribution >= 0.6 is 0 Å². The van der Waals surface area contributed by atoms with E-state index in [9.17, 15) is 18.0 Å². The highest BCUT2D eigenvalue weighted by atomic mass is 19.4. The molecule has 0 spiro atoms. The number of hydrogen-bond donors (Lipinski definition) is 1. The van der Waals surface area contributed by atoms with Crippen LogP contribution in [0.15, 0.2) is 41.3 Å². The van der Waals surface area contributed by atoms with Gasteiger partial charge in [0.1, 0.15) is 5.69 Å². The first-order valence-electron chi connectivity index (χ1n) is 5.97. The third-order valence-electron chi connectivity index (χ3n) is 2.81. The predicted molar refractivity (Wildman–Crippen MR) is 68.0 cm³/mol. The van der Waals surface area contributed by atoms with E-state index in [0.717, 1.165) is 10.9 Å². The molecule has 112 valence electrons. The number of H-pyrrole nitrogens is 1. The topological polar surface area (TPSA) is 89.3 Å². The molecule has 0 atom stereocenters. The largest absolute Gasteiger partial charge is 0.432 e. The molecule has 0 saturated carbocycles. The third-order valence-corrected chi connectivity index (χ3v) is 2.81. The van der Waals surface area contributed by atoms with Gasteiger partial charge in [0.15, 0.2) is 5.82 Å². The van der Waals surface area contributed by atoms with Gasteiger partial charge in [0.05, 0.1) is 11.3 Å². The molecule has 0 bridgehead atoms. The molecule has 0 amide bonds. The van der Waals surface area contributed by atoms with Crippen molar-refractivity contribution in [2.45, 2.75) is 6.18 Å². The van der Waals surface area contributed by atoms with Crippen molar-refractivity contribution in [2.75, 3.05) is 0 Å². The molecular weight excluding hydrogens is 301 g/mol. The van der Waals surface area contributed by atoms with Crippen LogP contribution in [0.1, 0.15) is 5.69 Å². The summed E-state index contributed by atoms with van der Waals surface area (Å²) in [6.07, 6.45) is -3.97. The predicted octanol–water partition coefficient (Wildman–Crippen LogP) is 1.43. The van der Waals surface area contributed by atoms with Crippen molar-refractivity contribution in [3.63, 3.8) is 0 Å². The van der Waals surface area contributed by atoms with Crippen molar-refractivity contribution >= 4 is 0 Å². The van der Waals surface area contributed by atoms with Gasteiger partial charge in [-0.1, -0.05) is 18.2 Å². The molecule has 0 aliphatic carbocycles. The first-order chi connectivity index (χ1) is 10.5. The third kappa shape index (κ3) is 2.45. The molecule has 0 aliphatic rings. The minimum absolute atomic E-state index is 0.178. The van der Waals surface area contributed by atoms with Crippen LogP contribution in [0.25, 0.3) is 17.1 Å². The van der Waals surface area contributed by atoms with Crippen molar-refractivity contribution in [1.82, 2.24) is 30.2 Å². The first kappa shape index (κ1) is 13.9. The number of benzene rings is 1. The van der Waals surface area contributed by atoms with Gasteiger partial charge in [-0.15, -0.1) is 5.10 Å². The van der Waals surface area contributed by atoms with Crippen LogP contribution in [-0.4, -0.2) is 30.2 Å². The Hall–Kier alpha value is -3.04. The van der Waals surface area contributed by atoms with Crippen LogP contribution in [0.4, 0.5) is 13.2 Å². The second kappa shape index (κ2) is 5.06. The lowest BCUT2D eigenvalue weighted by Gasteiger charge is -2.11. The highest BCUT2D eigenvalue weighted by Gasteiger charge is 2.37. The maximum atomic E-state index is 13.1. The number of rotatable bonds is 2. The van der Waals surface area contributed by atoms with E-state index in [1.54, 1.807) is 35.3 Å². The number of para-hydroxylation sites is 1. The molecule has 3 rings (SSSR count). The number of tetrazole rings is 1. The molecule has 1 N–H and O–H groups in total. The van der Waals surface area contributed by atoms with E-state index in [4.69, 9.17) is 0 Å². The number of halogens is 3. The highest BCUT2D eigenvalue weighted by Crippen LogP contribution is 2.33. The number of alkyl halides is 3. The zero-order chi connectivity index (χ0) is 15.7. The fraction of sp³-hybridized carbons (Fsp3) is 0.0833. The molecule has 0 fully saturated rings. The SMILES string of the molecule is O=c1ncc(-c2nnnn2-c2ccccc2)c(C(F)(F)F)[nH]1. The van der Waals surface area contributed by atoms with Gasteiger partial charge in [-0.05, 0) is 22.6 Å². The monoisotopic (exact) mass is 308 g/mol. The average Bonchev–Trinajstić information content (AvgIpc) is 2.96. The smallest absolute Gasteiger partial charge is 0.301 e. The Kier molecular flexibility index (Phi) is 3.20. The van der Waals surface area contributed by atoms with E-state index in [-0.39, 0.29) is 5.82 Å². The molecule has 0 unspecified atom stereocenters. The molecule has 10 heteroatoms. The number of aromatic nitrogens is 6. The van der Waals surface area contributed by atoms with Gasteiger partial charge in [-0.2, -0.15) is 17.9 Å². The quantitative estimate of drug-likeness (QED) is 0.773. The van der Waals surface area contributed by atoms with Crippen molar-refractivity contribution in [3.8, 4) is 17.1 Å². The molecule has 0 saturated heterocycles. The van der Waals surface area contributed by atoms with E-state index in [0.29, 0.717) is 5.69 Å². The molecule has 7 nitrogen and oxygen atoms in total. The maximum absolute atomic E-state index is 13.1. The summed E-state index contributed by atoms with van der Waals surface area (Å²) in [4.78, 5) is 16.1. The highest BCUT2D eigenvalue weighted by molar-refractivity contribution is 5.59. The van der Waals surface area contributed by atoms with Crippen molar-refractivity contribution in [1.29, 1.82) is 0 Å². The summed E-state index contributed by atoms with van der Waals surface area (Å²) in [6.45, 7) is 0. The van der Waals surface area contributed by atoms with E-state index >= 15 is 0 Å². The Morgan fingerprint density at radius 3 is 2.55 bits per heavy atom. The zero-order valence-corrected chi connectivity index (χ0v) is 10.7. The lowest BCUT2D eigenvalue weighted by molar-refractivity contribution is -0.140. The van der Waals surface area contributed by atoms with Crippen LogP contribution in [0, 0.1) is 0 Å². The summed E-state index contributed by atoms with van der Waals surface area (Å²) in [7, 11) is 0. The standard InChI is InChI=1S/C12H7F3N6O/c13-12(14,15)9-8(6-16-11(22)17-9)10-18-19-20-21(10)7-4-2-1-3-5-7/h1-6H,(H,16,17,22). The fourth-order valence-corrected chi connectivity index (χ4v) is 1.89. The maximum Gasteiger partial charge on any atom is 0.432 e. The Morgan fingerprint density at radius 1 is 1.14 bits per heavy atom. The molecule has 3 aromatic rings. The summed E-state index contributed by atoms with van der Waals surface area (Å²) in [5.41, 5.74) is -2.29. The number of aromatic amines is 1. The summed E-state index contributed by atoms with van der Waals surface area (Å²) in [6, 6.07) is 8.39.